The summed E-state index contributed by atoms with van der Waals surface area (Å²) in [6.07, 6.45) is 1.36. The van der Waals surface area contributed by atoms with Gasteiger partial charge in [0.15, 0.2) is 11.6 Å². The predicted octanol–water partition coefficient (Wildman–Crippen LogP) is 2.79. The molecule has 0 aliphatic carbocycles. The number of aliphatic carboxylic acids is 1. The first-order chi connectivity index (χ1) is 11.2. The van der Waals surface area contributed by atoms with E-state index in [9.17, 15) is 23.5 Å². The van der Waals surface area contributed by atoms with E-state index in [1.807, 2.05) is 0 Å². The number of likely N-dealkylation sites (tertiary alicyclic amines) is 1. The van der Waals surface area contributed by atoms with Gasteiger partial charge in [-0.05, 0) is 44.4 Å². The fourth-order valence-corrected chi connectivity index (χ4v) is 2.89. The van der Waals surface area contributed by atoms with Gasteiger partial charge >= 0.3 is 5.97 Å². The minimum atomic E-state index is -1.52. The van der Waals surface area contributed by atoms with Crippen LogP contribution < -0.4 is 4.74 Å². The number of carbonyl (C=O) groups is 2. The molecular formula is C17H21F2NO4. The van der Waals surface area contributed by atoms with Crippen molar-refractivity contribution in [1.29, 1.82) is 0 Å². The van der Waals surface area contributed by atoms with Crippen molar-refractivity contribution in [3.05, 3.63) is 29.3 Å². The zero-order valence-electron chi connectivity index (χ0n) is 13.9. The van der Waals surface area contributed by atoms with Crippen molar-refractivity contribution in [2.24, 2.45) is 5.41 Å². The molecule has 0 bridgehead atoms. The van der Waals surface area contributed by atoms with E-state index in [1.165, 1.54) is 31.9 Å². The number of carboxylic acid groups (broad SMARTS) is 1. The van der Waals surface area contributed by atoms with Gasteiger partial charge in [-0.15, -0.1) is 0 Å². The predicted molar refractivity (Wildman–Crippen MR) is 82.9 cm³/mol. The van der Waals surface area contributed by atoms with Gasteiger partial charge in [-0.3, -0.25) is 9.59 Å². The summed E-state index contributed by atoms with van der Waals surface area (Å²) in [7, 11) is 1.26. The van der Waals surface area contributed by atoms with Crippen LogP contribution in [0.15, 0.2) is 12.1 Å². The molecule has 1 saturated heterocycles. The minimum absolute atomic E-state index is 0.181. The third kappa shape index (κ3) is 3.34. The number of benzene rings is 1. The minimum Gasteiger partial charge on any atom is -0.494 e. The van der Waals surface area contributed by atoms with Gasteiger partial charge in [0.1, 0.15) is 5.41 Å². The molecule has 0 spiro atoms. The molecular weight excluding hydrogens is 320 g/mol. The third-order valence-electron chi connectivity index (χ3n) is 4.49. The standard InChI is InChI=1S/C17H21F2NO4/c1-17(2,16(22)23)15(21)20-6-4-5-10(9-20)11-7-12(18)14(19)13(8-11)24-3/h7-8,10H,4-6,9H2,1-3H3,(H,22,23). The molecule has 1 fully saturated rings. The number of halogens is 2. The lowest BCUT2D eigenvalue weighted by Crippen LogP contribution is -2.48. The largest absolute Gasteiger partial charge is 0.494 e. The molecule has 2 rings (SSSR count). The number of methoxy groups -OCH3 is 1. The van der Waals surface area contributed by atoms with E-state index in [4.69, 9.17) is 4.74 Å². The van der Waals surface area contributed by atoms with Crippen LogP contribution in [0.1, 0.15) is 38.2 Å². The summed E-state index contributed by atoms with van der Waals surface area (Å²) in [6.45, 7) is 3.44. The average molecular weight is 341 g/mol. The Bertz CT molecular complexity index is 660. The molecule has 1 heterocycles. The van der Waals surface area contributed by atoms with Crippen LogP contribution in [-0.2, 0) is 9.59 Å². The molecule has 7 heteroatoms. The summed E-state index contributed by atoms with van der Waals surface area (Å²) in [4.78, 5) is 25.2. The molecule has 0 saturated carbocycles. The third-order valence-corrected chi connectivity index (χ3v) is 4.49. The van der Waals surface area contributed by atoms with Crippen LogP contribution in [-0.4, -0.2) is 42.1 Å². The van der Waals surface area contributed by atoms with E-state index in [0.29, 0.717) is 24.9 Å². The highest BCUT2D eigenvalue weighted by molar-refractivity contribution is 6.01. The number of piperidine rings is 1. The van der Waals surface area contributed by atoms with Crippen molar-refractivity contribution in [3.8, 4) is 5.75 Å². The zero-order chi connectivity index (χ0) is 18.1. The number of amides is 1. The first kappa shape index (κ1) is 18.2. The monoisotopic (exact) mass is 341 g/mol. The fraction of sp³-hybridized carbons (Fsp3) is 0.529. The topological polar surface area (TPSA) is 66.8 Å². The first-order valence-corrected chi connectivity index (χ1v) is 7.74. The van der Waals surface area contributed by atoms with Gasteiger partial charge in [-0.2, -0.15) is 4.39 Å². The van der Waals surface area contributed by atoms with Gasteiger partial charge in [-0.25, -0.2) is 4.39 Å². The van der Waals surface area contributed by atoms with Crippen molar-refractivity contribution >= 4 is 11.9 Å². The fourth-order valence-electron chi connectivity index (χ4n) is 2.89. The Morgan fingerprint density at radius 1 is 1.33 bits per heavy atom. The molecule has 1 aromatic rings. The lowest BCUT2D eigenvalue weighted by Gasteiger charge is -2.36. The highest BCUT2D eigenvalue weighted by Crippen LogP contribution is 2.33. The Hall–Kier alpha value is -2.18. The van der Waals surface area contributed by atoms with Gasteiger partial charge in [0, 0.05) is 19.0 Å². The maximum Gasteiger partial charge on any atom is 0.318 e. The van der Waals surface area contributed by atoms with Crippen molar-refractivity contribution in [1.82, 2.24) is 4.90 Å². The van der Waals surface area contributed by atoms with Gasteiger partial charge in [0.25, 0.3) is 0 Å². The Labute approximate surface area is 139 Å². The van der Waals surface area contributed by atoms with Crippen LogP contribution in [0.5, 0.6) is 5.75 Å². The van der Waals surface area contributed by atoms with E-state index in [-0.39, 0.29) is 18.2 Å². The highest BCUT2D eigenvalue weighted by Gasteiger charge is 2.40. The molecule has 132 valence electrons. The lowest BCUT2D eigenvalue weighted by atomic mass is 9.86. The molecule has 1 amide bonds. The smallest absolute Gasteiger partial charge is 0.318 e. The van der Waals surface area contributed by atoms with Crippen LogP contribution in [0, 0.1) is 17.0 Å². The summed E-state index contributed by atoms with van der Waals surface area (Å²) >= 11 is 0. The van der Waals surface area contributed by atoms with Crippen molar-refractivity contribution in [3.63, 3.8) is 0 Å². The molecule has 1 atom stereocenters. The Balaban J connectivity index is 2.24. The zero-order valence-corrected chi connectivity index (χ0v) is 13.9. The van der Waals surface area contributed by atoms with Crippen LogP contribution in [0.2, 0.25) is 0 Å². The summed E-state index contributed by atoms with van der Waals surface area (Å²) in [6, 6.07) is 2.54. The van der Waals surface area contributed by atoms with Gasteiger partial charge in [-0.1, -0.05) is 0 Å². The van der Waals surface area contributed by atoms with E-state index < -0.39 is 28.9 Å². The molecule has 1 unspecified atom stereocenters. The van der Waals surface area contributed by atoms with Crippen molar-refractivity contribution < 1.29 is 28.2 Å². The number of carbonyl (C=O) groups excluding carboxylic acids is 1. The van der Waals surface area contributed by atoms with Crippen molar-refractivity contribution in [2.45, 2.75) is 32.6 Å². The number of carboxylic acids is 1. The highest BCUT2D eigenvalue weighted by atomic mass is 19.2. The van der Waals surface area contributed by atoms with Gasteiger partial charge in [0.2, 0.25) is 11.7 Å². The lowest BCUT2D eigenvalue weighted by molar-refractivity contribution is -0.158. The van der Waals surface area contributed by atoms with Gasteiger partial charge in [0.05, 0.1) is 7.11 Å². The number of nitrogens with zero attached hydrogens (tertiary/aromatic N) is 1. The molecule has 24 heavy (non-hydrogen) atoms. The summed E-state index contributed by atoms with van der Waals surface area (Å²) < 4.78 is 32.1. The number of ether oxygens (including phenoxy) is 1. The average Bonchev–Trinajstić information content (AvgIpc) is 2.56. The number of hydrogen-bond donors (Lipinski definition) is 1. The molecule has 1 aliphatic heterocycles. The van der Waals surface area contributed by atoms with Crippen molar-refractivity contribution in [2.75, 3.05) is 20.2 Å². The maximum absolute atomic E-state index is 13.7. The number of rotatable bonds is 4. The normalized spacial score (nSPS) is 18.4. The van der Waals surface area contributed by atoms with E-state index >= 15 is 0 Å². The maximum atomic E-state index is 13.7. The first-order valence-electron chi connectivity index (χ1n) is 7.74. The van der Waals surface area contributed by atoms with Crippen LogP contribution >= 0.6 is 0 Å². The van der Waals surface area contributed by atoms with Gasteiger partial charge < -0.3 is 14.7 Å². The molecule has 1 aliphatic rings. The summed E-state index contributed by atoms with van der Waals surface area (Å²) in [5.41, 5.74) is -0.982. The Morgan fingerprint density at radius 3 is 2.58 bits per heavy atom. The van der Waals surface area contributed by atoms with E-state index in [0.717, 1.165) is 6.07 Å². The SMILES string of the molecule is COc1cc(C2CCCN(C(=O)C(C)(C)C(=O)O)C2)cc(F)c1F. The number of hydrogen-bond acceptors (Lipinski definition) is 3. The van der Waals surface area contributed by atoms with E-state index in [2.05, 4.69) is 0 Å². The Kier molecular flexibility index (Phi) is 5.11. The summed E-state index contributed by atoms with van der Waals surface area (Å²) in [5.74, 6) is -4.09. The second kappa shape index (κ2) is 6.75. The molecule has 1 N–H and O–H groups in total. The molecule has 0 radical (unpaired) electrons. The molecule has 1 aromatic carbocycles. The van der Waals surface area contributed by atoms with Crippen LogP contribution in [0.4, 0.5) is 8.78 Å². The molecule has 5 nitrogen and oxygen atoms in total. The summed E-state index contributed by atoms with van der Waals surface area (Å²) in [5, 5.41) is 9.21. The molecule has 0 aromatic heterocycles. The second-order valence-corrected chi connectivity index (χ2v) is 6.54. The van der Waals surface area contributed by atoms with E-state index in [1.54, 1.807) is 0 Å². The van der Waals surface area contributed by atoms with Crippen LogP contribution in [0.25, 0.3) is 0 Å². The van der Waals surface area contributed by atoms with Crippen LogP contribution in [0.3, 0.4) is 0 Å². The Morgan fingerprint density at radius 2 is 2.00 bits per heavy atom. The second-order valence-electron chi connectivity index (χ2n) is 6.54. The quantitative estimate of drug-likeness (QED) is 0.855.